The first-order valence-electron chi connectivity index (χ1n) is 8.10. The molecule has 0 aliphatic carbocycles. The van der Waals surface area contributed by atoms with Gasteiger partial charge in [-0.05, 0) is 31.4 Å². The first kappa shape index (κ1) is 19.2. The van der Waals surface area contributed by atoms with E-state index in [9.17, 15) is 24.8 Å². The van der Waals surface area contributed by atoms with Gasteiger partial charge in [-0.1, -0.05) is 13.8 Å². The van der Waals surface area contributed by atoms with Crippen LogP contribution in [0.4, 0.5) is 5.69 Å². The van der Waals surface area contributed by atoms with Gasteiger partial charge >= 0.3 is 5.97 Å². The largest absolute Gasteiger partial charge is 0.481 e. The van der Waals surface area contributed by atoms with E-state index in [1.165, 1.54) is 23.9 Å². The Labute approximate surface area is 150 Å². The summed E-state index contributed by atoms with van der Waals surface area (Å²) < 4.78 is 0. The minimum atomic E-state index is -0.882. The van der Waals surface area contributed by atoms with E-state index in [0.717, 1.165) is 4.90 Å². The third-order valence-corrected chi connectivity index (χ3v) is 5.95. The average molecular weight is 366 g/mol. The summed E-state index contributed by atoms with van der Waals surface area (Å²) in [6, 6.07) is 6.05. The van der Waals surface area contributed by atoms with E-state index in [1.807, 2.05) is 13.8 Å². The number of hydrogen-bond donors (Lipinski definition) is 1. The molecule has 1 aromatic carbocycles. The Morgan fingerprint density at radius 3 is 2.32 bits per heavy atom. The molecule has 0 radical (unpaired) electrons. The molecule has 0 aromatic heterocycles. The summed E-state index contributed by atoms with van der Waals surface area (Å²) in [6.07, 6.45) is 0.459. The highest BCUT2D eigenvalue weighted by Crippen LogP contribution is 2.39. The number of carbonyl (C=O) groups is 2. The Bertz CT molecular complexity index is 676. The fourth-order valence-electron chi connectivity index (χ4n) is 3.07. The van der Waals surface area contributed by atoms with Crippen LogP contribution in [0.2, 0.25) is 0 Å². The number of likely N-dealkylation sites (tertiary alicyclic amines) is 1. The first-order chi connectivity index (χ1) is 11.7. The van der Waals surface area contributed by atoms with Gasteiger partial charge in [-0.15, -0.1) is 11.8 Å². The number of benzene rings is 1. The molecule has 0 bridgehead atoms. The number of aliphatic carboxylic acids is 1. The van der Waals surface area contributed by atoms with Crippen LogP contribution in [0.25, 0.3) is 0 Å². The van der Waals surface area contributed by atoms with Crippen molar-refractivity contribution in [3.05, 3.63) is 34.4 Å². The molecule has 0 saturated carbocycles. The van der Waals surface area contributed by atoms with Crippen LogP contribution in [0.5, 0.6) is 0 Å². The summed E-state index contributed by atoms with van der Waals surface area (Å²) >= 11 is 1.31. The van der Waals surface area contributed by atoms with Crippen LogP contribution in [0.1, 0.15) is 27.2 Å². The van der Waals surface area contributed by atoms with Gasteiger partial charge in [0.15, 0.2) is 0 Å². The van der Waals surface area contributed by atoms with Gasteiger partial charge in [-0.3, -0.25) is 19.7 Å². The van der Waals surface area contributed by atoms with Crippen molar-refractivity contribution in [1.29, 1.82) is 0 Å². The van der Waals surface area contributed by atoms with Crippen molar-refractivity contribution in [2.75, 3.05) is 13.1 Å². The van der Waals surface area contributed by atoms with Crippen molar-refractivity contribution in [1.82, 2.24) is 4.90 Å². The van der Waals surface area contributed by atoms with Crippen LogP contribution in [-0.2, 0) is 9.59 Å². The molecule has 1 aliphatic rings. The highest BCUT2D eigenvalue weighted by molar-refractivity contribution is 8.00. The van der Waals surface area contributed by atoms with Gasteiger partial charge in [0, 0.05) is 30.1 Å². The molecule has 2 atom stereocenters. The molecule has 1 fully saturated rings. The summed E-state index contributed by atoms with van der Waals surface area (Å²) in [7, 11) is 0. The Morgan fingerprint density at radius 1 is 1.28 bits per heavy atom. The number of nitro groups is 1. The summed E-state index contributed by atoms with van der Waals surface area (Å²) in [5, 5.41) is 19.9. The molecule has 1 N–H and O–H groups in total. The molecule has 25 heavy (non-hydrogen) atoms. The molecular formula is C17H22N2O5S. The number of carboxylic acid groups (broad SMARTS) is 1. The van der Waals surface area contributed by atoms with Gasteiger partial charge in [0.1, 0.15) is 0 Å². The lowest BCUT2D eigenvalue weighted by Gasteiger charge is -2.29. The van der Waals surface area contributed by atoms with Gasteiger partial charge in [-0.25, -0.2) is 0 Å². The maximum Gasteiger partial charge on any atom is 0.311 e. The Kier molecular flexibility index (Phi) is 5.72. The van der Waals surface area contributed by atoms with Gasteiger partial charge in [0.25, 0.3) is 5.69 Å². The van der Waals surface area contributed by atoms with Crippen LogP contribution in [0.3, 0.4) is 0 Å². The maximum atomic E-state index is 12.7. The summed E-state index contributed by atoms with van der Waals surface area (Å²) in [5.74, 6) is -1.01. The number of amides is 1. The molecule has 136 valence electrons. The van der Waals surface area contributed by atoms with Crippen LogP contribution in [0, 0.1) is 21.4 Å². The van der Waals surface area contributed by atoms with Gasteiger partial charge in [0.05, 0.1) is 15.6 Å². The average Bonchev–Trinajstić information content (AvgIpc) is 3.01. The van der Waals surface area contributed by atoms with Crippen LogP contribution in [-0.4, -0.2) is 45.1 Å². The minimum Gasteiger partial charge on any atom is -0.481 e. The van der Waals surface area contributed by atoms with Crippen molar-refractivity contribution in [2.45, 2.75) is 37.3 Å². The quantitative estimate of drug-likeness (QED) is 0.472. The molecule has 1 saturated heterocycles. The van der Waals surface area contributed by atoms with Crippen LogP contribution >= 0.6 is 11.8 Å². The lowest BCUT2D eigenvalue weighted by atomic mass is 9.76. The van der Waals surface area contributed by atoms with Crippen LogP contribution < -0.4 is 0 Å². The molecular weight excluding hydrogens is 344 g/mol. The lowest BCUT2D eigenvalue weighted by Crippen LogP contribution is -2.42. The topological polar surface area (TPSA) is 101 Å². The maximum absolute atomic E-state index is 12.7. The third kappa shape index (κ3) is 3.95. The molecule has 7 nitrogen and oxygen atoms in total. The fraction of sp³-hybridized carbons (Fsp3) is 0.529. The van der Waals surface area contributed by atoms with E-state index < -0.39 is 21.6 Å². The second kappa shape index (κ2) is 7.43. The van der Waals surface area contributed by atoms with Crippen molar-refractivity contribution in [2.24, 2.45) is 11.3 Å². The van der Waals surface area contributed by atoms with Crippen molar-refractivity contribution in [3.8, 4) is 0 Å². The van der Waals surface area contributed by atoms with Crippen molar-refractivity contribution in [3.63, 3.8) is 0 Å². The number of carbonyl (C=O) groups excluding carboxylic acids is 1. The van der Waals surface area contributed by atoms with E-state index in [1.54, 1.807) is 24.0 Å². The Hall–Kier alpha value is -2.09. The summed E-state index contributed by atoms with van der Waals surface area (Å²) in [4.78, 5) is 36.9. The minimum absolute atomic E-state index is 0.00560. The number of hydrogen-bond acceptors (Lipinski definition) is 5. The molecule has 1 aromatic rings. The summed E-state index contributed by atoms with van der Waals surface area (Å²) in [5.41, 5.74) is -0.876. The molecule has 1 amide bonds. The molecule has 1 heterocycles. The number of non-ortho nitro benzene ring substituents is 1. The van der Waals surface area contributed by atoms with E-state index in [-0.39, 0.29) is 24.1 Å². The van der Waals surface area contributed by atoms with Gasteiger partial charge in [0.2, 0.25) is 5.91 Å². The predicted molar refractivity (Wildman–Crippen MR) is 94.5 cm³/mol. The van der Waals surface area contributed by atoms with Crippen molar-refractivity contribution >= 4 is 29.3 Å². The zero-order valence-electron chi connectivity index (χ0n) is 14.5. The SMILES string of the molecule is CC(Sc1ccc([N+](=O)[O-])cc1)C(=O)N1CCC(C(=O)O)(C(C)C)C1. The Balaban J connectivity index is 2.03. The normalized spacial score (nSPS) is 21.4. The molecule has 2 unspecified atom stereocenters. The third-order valence-electron chi connectivity index (χ3n) is 4.85. The number of thioether (sulfide) groups is 1. The van der Waals surface area contributed by atoms with E-state index >= 15 is 0 Å². The van der Waals surface area contributed by atoms with Crippen LogP contribution in [0.15, 0.2) is 29.2 Å². The summed E-state index contributed by atoms with van der Waals surface area (Å²) in [6.45, 7) is 6.18. The zero-order chi connectivity index (χ0) is 18.8. The predicted octanol–water partition coefficient (Wildman–Crippen LogP) is 3.03. The van der Waals surface area contributed by atoms with Crippen molar-refractivity contribution < 1.29 is 19.6 Å². The lowest BCUT2D eigenvalue weighted by molar-refractivity contribution is -0.384. The number of nitrogens with zero attached hydrogens (tertiary/aromatic N) is 2. The van der Waals surface area contributed by atoms with Gasteiger partial charge < -0.3 is 10.0 Å². The number of rotatable bonds is 6. The van der Waals surface area contributed by atoms with Gasteiger partial charge in [-0.2, -0.15) is 0 Å². The number of carboxylic acids is 1. The smallest absolute Gasteiger partial charge is 0.311 e. The second-order valence-electron chi connectivity index (χ2n) is 6.64. The number of nitro benzene ring substituents is 1. The molecule has 2 rings (SSSR count). The highest BCUT2D eigenvalue weighted by atomic mass is 32.2. The monoisotopic (exact) mass is 366 g/mol. The zero-order valence-corrected chi connectivity index (χ0v) is 15.3. The fourth-order valence-corrected chi connectivity index (χ4v) is 4.02. The Morgan fingerprint density at radius 2 is 1.88 bits per heavy atom. The standard InChI is InChI=1S/C17H22N2O5S/c1-11(2)17(16(21)22)8-9-18(10-17)15(20)12(3)25-14-6-4-13(5-7-14)19(23)24/h4-7,11-12H,8-10H2,1-3H3,(H,21,22). The van der Waals surface area contributed by atoms with E-state index in [4.69, 9.17) is 0 Å². The molecule has 1 aliphatic heterocycles. The molecule has 8 heteroatoms. The molecule has 0 spiro atoms. The highest BCUT2D eigenvalue weighted by Gasteiger charge is 2.48. The first-order valence-corrected chi connectivity index (χ1v) is 8.98. The van der Waals surface area contributed by atoms with E-state index in [2.05, 4.69) is 0 Å². The second-order valence-corrected chi connectivity index (χ2v) is 8.05. The van der Waals surface area contributed by atoms with E-state index in [0.29, 0.717) is 13.0 Å².